The van der Waals surface area contributed by atoms with Crippen LogP contribution in [0, 0.1) is 0 Å². The summed E-state index contributed by atoms with van der Waals surface area (Å²) in [6.07, 6.45) is 1.33. The number of benzene rings is 1. The van der Waals surface area contributed by atoms with E-state index in [2.05, 4.69) is 17.6 Å². The number of nitrogens with one attached hydrogen (secondary N) is 1. The van der Waals surface area contributed by atoms with Gasteiger partial charge in [0.05, 0.1) is 0 Å². The first-order chi connectivity index (χ1) is 5.47. The smallest absolute Gasteiger partial charge is 0.105 e. The molecule has 3 heteroatoms. The Hall–Kier alpha value is -0.570. The summed E-state index contributed by atoms with van der Waals surface area (Å²) < 4.78 is 0. The third-order valence-electron chi connectivity index (χ3n) is 1.91. The van der Waals surface area contributed by atoms with Crippen LogP contribution in [0.25, 0.3) is 0 Å². The van der Waals surface area contributed by atoms with E-state index >= 15 is 0 Å². The van der Waals surface area contributed by atoms with E-state index in [0.29, 0.717) is 0 Å². The van der Waals surface area contributed by atoms with Gasteiger partial charge in [-0.3, -0.25) is 4.84 Å². The Morgan fingerprint density at radius 3 is 2.58 bits per heavy atom. The molecule has 1 aromatic carbocycles. The van der Waals surface area contributed by atoms with Crippen molar-refractivity contribution >= 4 is 12.4 Å². The van der Waals surface area contributed by atoms with Crippen LogP contribution in [0.5, 0.6) is 0 Å². The van der Waals surface area contributed by atoms with E-state index in [1.54, 1.807) is 0 Å². The lowest BCUT2D eigenvalue weighted by Crippen LogP contribution is -2.04. The maximum atomic E-state index is 5.29. The van der Waals surface area contributed by atoms with Crippen molar-refractivity contribution in [1.29, 1.82) is 0 Å². The van der Waals surface area contributed by atoms with E-state index in [1.165, 1.54) is 5.56 Å². The lowest BCUT2D eigenvalue weighted by atomic mass is 10.1. The van der Waals surface area contributed by atoms with Gasteiger partial charge in [-0.25, -0.2) is 5.48 Å². The molecule has 0 bridgehead atoms. The summed E-state index contributed by atoms with van der Waals surface area (Å²) in [5.41, 5.74) is 4.13. The van der Waals surface area contributed by atoms with Crippen molar-refractivity contribution in [3.05, 3.63) is 35.9 Å². The highest BCUT2D eigenvalue weighted by Gasteiger charge is 2.16. The fraction of sp³-hybridized carbons (Fsp3) is 0.333. The predicted octanol–water partition coefficient (Wildman–Crippen LogP) is 2.07. The van der Waals surface area contributed by atoms with Crippen molar-refractivity contribution in [1.82, 2.24) is 5.48 Å². The molecule has 0 saturated carbocycles. The first kappa shape index (κ1) is 9.52. The molecular weight excluding hydrogens is 174 g/mol. The van der Waals surface area contributed by atoms with E-state index in [4.69, 9.17) is 4.84 Å². The molecule has 0 aliphatic carbocycles. The van der Waals surface area contributed by atoms with E-state index < -0.39 is 0 Å². The molecule has 12 heavy (non-hydrogen) atoms. The molecule has 1 aliphatic heterocycles. The molecule has 0 radical (unpaired) electrons. The van der Waals surface area contributed by atoms with Gasteiger partial charge in [-0.05, 0) is 12.0 Å². The van der Waals surface area contributed by atoms with Crippen molar-refractivity contribution < 1.29 is 4.84 Å². The molecule has 1 N–H and O–H groups in total. The maximum Gasteiger partial charge on any atom is 0.105 e. The van der Waals surface area contributed by atoms with Gasteiger partial charge in [0.2, 0.25) is 0 Å². The summed E-state index contributed by atoms with van der Waals surface area (Å²) in [5, 5.41) is 0. The maximum absolute atomic E-state index is 5.29. The van der Waals surface area contributed by atoms with Crippen LogP contribution in [0.1, 0.15) is 18.1 Å². The topological polar surface area (TPSA) is 21.3 Å². The molecule has 66 valence electrons. The highest BCUT2D eigenvalue weighted by Crippen LogP contribution is 2.22. The average Bonchev–Trinajstić information content (AvgIpc) is 2.58. The van der Waals surface area contributed by atoms with Crippen molar-refractivity contribution in [3.8, 4) is 0 Å². The monoisotopic (exact) mass is 185 g/mol. The summed E-state index contributed by atoms with van der Waals surface area (Å²) >= 11 is 0. The lowest BCUT2D eigenvalue weighted by molar-refractivity contribution is 0.0336. The van der Waals surface area contributed by atoms with Crippen LogP contribution in [-0.4, -0.2) is 6.54 Å². The third-order valence-corrected chi connectivity index (χ3v) is 1.91. The summed E-state index contributed by atoms with van der Waals surface area (Å²) in [6, 6.07) is 10.3. The zero-order valence-corrected chi connectivity index (χ0v) is 7.51. The molecule has 1 heterocycles. The molecule has 1 aromatic rings. The van der Waals surface area contributed by atoms with E-state index in [0.717, 1.165) is 13.0 Å². The van der Waals surface area contributed by atoms with Crippen LogP contribution in [0.3, 0.4) is 0 Å². The van der Waals surface area contributed by atoms with Gasteiger partial charge in [-0.15, -0.1) is 12.4 Å². The molecule has 0 aromatic heterocycles. The van der Waals surface area contributed by atoms with Gasteiger partial charge in [0.1, 0.15) is 6.10 Å². The standard InChI is InChI=1S/C9H11NO.ClH/c1-2-4-8(5-3-1)9-6-7-10-11-9;/h1-5,9-10H,6-7H2;1H. The van der Waals surface area contributed by atoms with Crippen LogP contribution in [-0.2, 0) is 4.84 Å². The molecule has 1 saturated heterocycles. The summed E-state index contributed by atoms with van der Waals surface area (Å²) in [7, 11) is 0. The molecular formula is C9H12ClNO. The van der Waals surface area contributed by atoms with Gasteiger partial charge in [0.25, 0.3) is 0 Å². The van der Waals surface area contributed by atoms with Gasteiger partial charge in [-0.2, -0.15) is 0 Å². The van der Waals surface area contributed by atoms with Gasteiger partial charge in [0.15, 0.2) is 0 Å². The van der Waals surface area contributed by atoms with Crippen LogP contribution >= 0.6 is 12.4 Å². The minimum absolute atomic E-state index is 0. The quantitative estimate of drug-likeness (QED) is 0.724. The number of hydrogen-bond donors (Lipinski definition) is 1. The lowest BCUT2D eigenvalue weighted by Gasteiger charge is -2.06. The Morgan fingerprint density at radius 2 is 2.00 bits per heavy atom. The molecule has 1 fully saturated rings. The Labute approximate surface area is 78.3 Å². The van der Waals surface area contributed by atoms with E-state index in [-0.39, 0.29) is 18.5 Å². The molecule has 1 atom stereocenters. The summed E-state index contributed by atoms with van der Waals surface area (Å²) in [6.45, 7) is 0.958. The Bertz CT molecular complexity index is 221. The molecule has 0 spiro atoms. The first-order valence-corrected chi connectivity index (χ1v) is 3.90. The first-order valence-electron chi connectivity index (χ1n) is 3.90. The molecule has 2 nitrogen and oxygen atoms in total. The zero-order valence-electron chi connectivity index (χ0n) is 6.69. The van der Waals surface area contributed by atoms with Crippen LogP contribution in [0.4, 0.5) is 0 Å². The van der Waals surface area contributed by atoms with Crippen molar-refractivity contribution in [2.45, 2.75) is 12.5 Å². The van der Waals surface area contributed by atoms with Gasteiger partial charge in [-0.1, -0.05) is 30.3 Å². The van der Waals surface area contributed by atoms with Crippen LogP contribution in [0.15, 0.2) is 30.3 Å². The number of hydroxylamine groups is 1. The molecule has 2 rings (SSSR count). The summed E-state index contributed by atoms with van der Waals surface area (Å²) in [4.78, 5) is 5.29. The number of rotatable bonds is 1. The second-order valence-electron chi connectivity index (χ2n) is 2.70. The largest absolute Gasteiger partial charge is 0.294 e. The van der Waals surface area contributed by atoms with E-state index in [1.807, 2.05) is 18.2 Å². The van der Waals surface area contributed by atoms with Gasteiger partial charge < -0.3 is 0 Å². The Kier molecular flexibility index (Phi) is 3.53. The molecule has 1 aliphatic rings. The Morgan fingerprint density at radius 1 is 1.25 bits per heavy atom. The van der Waals surface area contributed by atoms with Crippen molar-refractivity contribution in [3.63, 3.8) is 0 Å². The SMILES string of the molecule is Cl.c1ccc(C2CCNO2)cc1. The molecule has 0 amide bonds. The fourth-order valence-electron chi connectivity index (χ4n) is 1.31. The second kappa shape index (κ2) is 4.45. The zero-order chi connectivity index (χ0) is 7.52. The van der Waals surface area contributed by atoms with Crippen molar-refractivity contribution in [2.75, 3.05) is 6.54 Å². The van der Waals surface area contributed by atoms with Crippen LogP contribution in [0.2, 0.25) is 0 Å². The van der Waals surface area contributed by atoms with Gasteiger partial charge in [0, 0.05) is 6.54 Å². The molecule has 1 unspecified atom stereocenters. The fourth-order valence-corrected chi connectivity index (χ4v) is 1.31. The van der Waals surface area contributed by atoms with Crippen LogP contribution < -0.4 is 5.48 Å². The highest BCUT2D eigenvalue weighted by atomic mass is 35.5. The average molecular weight is 186 g/mol. The normalized spacial score (nSPS) is 21.8. The number of halogens is 1. The number of hydrogen-bond acceptors (Lipinski definition) is 2. The minimum atomic E-state index is 0. The van der Waals surface area contributed by atoms with E-state index in [9.17, 15) is 0 Å². The van der Waals surface area contributed by atoms with Crippen molar-refractivity contribution in [2.24, 2.45) is 0 Å². The third kappa shape index (κ3) is 1.97. The second-order valence-corrected chi connectivity index (χ2v) is 2.70. The minimum Gasteiger partial charge on any atom is -0.294 e. The predicted molar refractivity (Wildman–Crippen MR) is 50.1 cm³/mol. The highest BCUT2D eigenvalue weighted by molar-refractivity contribution is 5.85. The Balaban J connectivity index is 0.000000720. The summed E-state index contributed by atoms with van der Waals surface area (Å²) in [5.74, 6) is 0. The van der Waals surface area contributed by atoms with Gasteiger partial charge >= 0.3 is 0 Å².